The monoisotopic (exact) mass is 359 g/mol. The predicted molar refractivity (Wildman–Crippen MR) is 97.7 cm³/mol. The molecule has 7 nitrogen and oxygen atoms in total. The second kappa shape index (κ2) is 7.59. The molecule has 0 saturated heterocycles. The van der Waals surface area contributed by atoms with Crippen LogP contribution in [0.4, 0.5) is 4.79 Å². The van der Waals surface area contributed by atoms with Gasteiger partial charge in [0.2, 0.25) is 11.8 Å². The van der Waals surface area contributed by atoms with E-state index in [-0.39, 0.29) is 19.0 Å². The molecule has 0 spiro atoms. The highest BCUT2D eigenvalue weighted by molar-refractivity contribution is 5.92. The molecule has 0 saturated carbocycles. The van der Waals surface area contributed by atoms with Crippen LogP contribution in [0.5, 0.6) is 0 Å². The molecule has 140 valence electrons. The Morgan fingerprint density at radius 2 is 1.81 bits per heavy atom. The molecule has 0 bridgehead atoms. The largest absolute Gasteiger partial charge is 0.444 e. The van der Waals surface area contributed by atoms with E-state index >= 15 is 0 Å². The van der Waals surface area contributed by atoms with Gasteiger partial charge in [0.1, 0.15) is 12.1 Å². The van der Waals surface area contributed by atoms with Crippen molar-refractivity contribution in [2.45, 2.75) is 26.4 Å². The number of carbonyl (C=O) groups excluding carboxylic acids is 3. The molecule has 0 aliphatic carbocycles. The number of primary amides is 1. The molecule has 1 aromatic rings. The summed E-state index contributed by atoms with van der Waals surface area (Å²) in [7, 11) is 1.61. The van der Waals surface area contributed by atoms with Crippen molar-refractivity contribution >= 4 is 23.6 Å². The summed E-state index contributed by atoms with van der Waals surface area (Å²) in [6, 6.07) is 9.26. The molecule has 1 heterocycles. The van der Waals surface area contributed by atoms with Crippen LogP contribution in [-0.4, -0.2) is 53.4 Å². The fraction of sp³-hybridized carbons (Fsp3) is 0.421. The summed E-state index contributed by atoms with van der Waals surface area (Å²) in [4.78, 5) is 39.6. The van der Waals surface area contributed by atoms with Crippen molar-refractivity contribution in [2.75, 3.05) is 20.1 Å². The average Bonchev–Trinajstić information content (AvgIpc) is 2.54. The van der Waals surface area contributed by atoms with E-state index < -0.39 is 23.5 Å². The van der Waals surface area contributed by atoms with Crippen molar-refractivity contribution < 1.29 is 19.1 Å². The van der Waals surface area contributed by atoms with Gasteiger partial charge in [0, 0.05) is 19.3 Å². The third-order valence-electron chi connectivity index (χ3n) is 3.92. The Balaban J connectivity index is 2.39. The first-order valence-electron chi connectivity index (χ1n) is 8.39. The van der Waals surface area contributed by atoms with Crippen LogP contribution in [0.1, 0.15) is 26.3 Å². The molecular weight excluding hydrogens is 334 g/mol. The van der Waals surface area contributed by atoms with Crippen LogP contribution in [-0.2, 0) is 14.3 Å². The molecule has 7 heteroatoms. The maximum atomic E-state index is 12.6. The minimum atomic E-state index is -0.742. The van der Waals surface area contributed by atoms with E-state index in [2.05, 4.69) is 0 Å². The zero-order chi connectivity index (χ0) is 19.5. The normalized spacial score (nSPS) is 20.7. The Labute approximate surface area is 153 Å². The zero-order valence-electron chi connectivity index (χ0n) is 15.6. The topological polar surface area (TPSA) is 92.9 Å². The minimum Gasteiger partial charge on any atom is -0.444 e. The van der Waals surface area contributed by atoms with Gasteiger partial charge in [-0.25, -0.2) is 4.79 Å². The number of likely N-dealkylation sites (N-methyl/N-ethyl adjacent to an activating group) is 1. The number of amides is 3. The van der Waals surface area contributed by atoms with Crippen molar-refractivity contribution in [1.29, 1.82) is 0 Å². The summed E-state index contributed by atoms with van der Waals surface area (Å²) in [5.41, 5.74) is 6.20. The Kier molecular flexibility index (Phi) is 5.69. The van der Waals surface area contributed by atoms with Gasteiger partial charge in [-0.2, -0.15) is 0 Å². The van der Waals surface area contributed by atoms with Crippen molar-refractivity contribution in [1.82, 2.24) is 9.80 Å². The summed E-state index contributed by atoms with van der Waals surface area (Å²) in [6.07, 6.45) is 0.980. The standard InChI is InChI=1S/C19H25N3O4/c1-19(2,3)26-18(25)22-11-14(17(20)24)10-15(21(4)16(23)12-22)13-8-6-5-7-9-13/h5-10,14H,11-12H2,1-4H3,(H2,20,24)/b15-10-. The molecule has 0 aromatic heterocycles. The number of nitrogens with zero attached hydrogens (tertiary/aromatic N) is 2. The highest BCUT2D eigenvalue weighted by Gasteiger charge is 2.32. The third-order valence-corrected chi connectivity index (χ3v) is 3.92. The van der Waals surface area contributed by atoms with Gasteiger partial charge in [0.25, 0.3) is 0 Å². The lowest BCUT2D eigenvalue weighted by atomic mass is 10.0. The molecule has 2 rings (SSSR count). The van der Waals surface area contributed by atoms with Gasteiger partial charge in [-0.15, -0.1) is 0 Å². The summed E-state index contributed by atoms with van der Waals surface area (Å²) in [6.45, 7) is 5.01. The fourth-order valence-electron chi connectivity index (χ4n) is 2.60. The van der Waals surface area contributed by atoms with Crippen LogP contribution in [0.3, 0.4) is 0 Å². The van der Waals surface area contributed by atoms with E-state index in [4.69, 9.17) is 10.5 Å². The second-order valence-corrected chi connectivity index (χ2v) is 7.24. The van der Waals surface area contributed by atoms with Gasteiger partial charge in [0.05, 0.1) is 5.92 Å². The van der Waals surface area contributed by atoms with E-state index in [1.54, 1.807) is 33.9 Å². The Morgan fingerprint density at radius 1 is 1.19 bits per heavy atom. The lowest BCUT2D eigenvalue weighted by molar-refractivity contribution is -0.129. The first-order chi connectivity index (χ1) is 12.1. The zero-order valence-corrected chi connectivity index (χ0v) is 15.6. The van der Waals surface area contributed by atoms with Crippen LogP contribution in [0.2, 0.25) is 0 Å². The van der Waals surface area contributed by atoms with Crippen LogP contribution in [0.25, 0.3) is 5.70 Å². The van der Waals surface area contributed by atoms with E-state index in [1.165, 1.54) is 9.80 Å². The van der Waals surface area contributed by atoms with E-state index in [1.807, 2.05) is 30.3 Å². The number of nitrogens with two attached hydrogens (primary N) is 1. The number of benzene rings is 1. The molecule has 0 fully saturated rings. The first-order valence-corrected chi connectivity index (χ1v) is 8.39. The minimum absolute atomic E-state index is 0.0137. The molecule has 2 N–H and O–H groups in total. The Morgan fingerprint density at radius 3 is 2.35 bits per heavy atom. The van der Waals surface area contributed by atoms with Crippen LogP contribution in [0, 0.1) is 5.92 Å². The quantitative estimate of drug-likeness (QED) is 0.872. The molecule has 1 atom stereocenters. The summed E-state index contributed by atoms with van der Waals surface area (Å²) < 4.78 is 5.34. The van der Waals surface area contributed by atoms with Crippen molar-refractivity contribution in [3.8, 4) is 0 Å². The van der Waals surface area contributed by atoms with E-state index in [9.17, 15) is 14.4 Å². The van der Waals surface area contributed by atoms with Crippen molar-refractivity contribution in [3.05, 3.63) is 42.0 Å². The number of hydrogen-bond donors (Lipinski definition) is 1. The molecule has 3 amide bonds. The molecule has 1 aromatic carbocycles. The predicted octanol–water partition coefficient (Wildman–Crippen LogP) is 1.84. The lowest BCUT2D eigenvalue weighted by Crippen LogP contribution is -2.48. The van der Waals surface area contributed by atoms with Gasteiger partial charge in [-0.3, -0.25) is 14.5 Å². The number of ether oxygens (including phenoxy) is 1. The molecule has 1 aliphatic heterocycles. The molecule has 1 unspecified atom stereocenters. The fourth-order valence-corrected chi connectivity index (χ4v) is 2.60. The van der Waals surface area contributed by atoms with Gasteiger partial charge < -0.3 is 15.4 Å². The van der Waals surface area contributed by atoms with Gasteiger partial charge in [-0.05, 0) is 32.4 Å². The number of carbonyl (C=O) groups is 3. The summed E-state index contributed by atoms with van der Waals surface area (Å²) >= 11 is 0. The van der Waals surface area contributed by atoms with Crippen molar-refractivity contribution in [2.24, 2.45) is 11.7 Å². The first kappa shape index (κ1) is 19.5. The maximum Gasteiger partial charge on any atom is 0.410 e. The highest BCUT2D eigenvalue weighted by Crippen LogP contribution is 2.24. The van der Waals surface area contributed by atoms with Gasteiger partial charge in [-0.1, -0.05) is 30.3 Å². The second-order valence-electron chi connectivity index (χ2n) is 7.24. The average molecular weight is 359 g/mol. The van der Waals surface area contributed by atoms with Gasteiger partial charge in [0.15, 0.2) is 0 Å². The van der Waals surface area contributed by atoms with Crippen LogP contribution in [0.15, 0.2) is 36.4 Å². The van der Waals surface area contributed by atoms with Gasteiger partial charge >= 0.3 is 6.09 Å². The van der Waals surface area contributed by atoms with E-state index in [0.29, 0.717) is 5.70 Å². The smallest absolute Gasteiger partial charge is 0.410 e. The Hall–Kier alpha value is -2.83. The number of hydrogen-bond acceptors (Lipinski definition) is 4. The number of rotatable bonds is 2. The van der Waals surface area contributed by atoms with Crippen LogP contribution >= 0.6 is 0 Å². The highest BCUT2D eigenvalue weighted by atomic mass is 16.6. The Bertz CT molecular complexity index is 722. The molecular formula is C19H25N3O4. The molecule has 1 aliphatic rings. The SMILES string of the molecule is CN1C(=O)CN(C(=O)OC(C)(C)C)CC(C(N)=O)/C=C\1c1ccccc1. The maximum absolute atomic E-state index is 12.6. The summed E-state index contributed by atoms with van der Waals surface area (Å²) in [5, 5.41) is 0. The lowest BCUT2D eigenvalue weighted by Gasteiger charge is -2.33. The van der Waals surface area contributed by atoms with Crippen molar-refractivity contribution in [3.63, 3.8) is 0 Å². The van der Waals surface area contributed by atoms with E-state index in [0.717, 1.165) is 5.56 Å². The molecule has 26 heavy (non-hydrogen) atoms. The summed E-state index contributed by atoms with van der Waals surface area (Å²) in [5.74, 6) is -1.60. The van der Waals surface area contributed by atoms with Crippen LogP contribution < -0.4 is 5.73 Å². The molecule has 0 radical (unpaired) electrons. The third kappa shape index (κ3) is 4.84.